The summed E-state index contributed by atoms with van der Waals surface area (Å²) in [5.41, 5.74) is 0. The van der Waals surface area contributed by atoms with Crippen molar-refractivity contribution in [3.63, 3.8) is 0 Å². The van der Waals surface area contributed by atoms with E-state index in [2.05, 4.69) is 4.74 Å². The molecule has 0 N–H and O–H groups in total. The molecule has 13 heavy (non-hydrogen) atoms. The standard InChI is InChI=1S/C9H10O4/c1-3-6(10)8-7(11)4-5(2)13-9(8)12/h4,8H,3H2,1-2H3. The molecular weight excluding hydrogens is 172 g/mol. The number of carbonyl (C=O) groups is 3. The lowest BCUT2D eigenvalue weighted by molar-refractivity contribution is -0.152. The highest BCUT2D eigenvalue weighted by Gasteiger charge is 2.36. The highest BCUT2D eigenvalue weighted by molar-refractivity contribution is 6.21. The van der Waals surface area contributed by atoms with E-state index >= 15 is 0 Å². The molecule has 0 aromatic heterocycles. The van der Waals surface area contributed by atoms with Gasteiger partial charge in [0.2, 0.25) is 0 Å². The molecule has 1 aliphatic rings. The summed E-state index contributed by atoms with van der Waals surface area (Å²) in [5, 5.41) is 0. The molecule has 0 spiro atoms. The quantitative estimate of drug-likeness (QED) is 0.463. The zero-order chi connectivity index (χ0) is 10.0. The van der Waals surface area contributed by atoms with Crippen LogP contribution in [0.4, 0.5) is 0 Å². The lowest BCUT2D eigenvalue weighted by atomic mass is 9.95. The maximum absolute atomic E-state index is 11.2. The SMILES string of the molecule is CCC(=O)C1C(=O)C=C(C)OC1=O. The predicted molar refractivity (Wildman–Crippen MR) is 43.6 cm³/mol. The topological polar surface area (TPSA) is 60.4 Å². The second-order valence-electron chi connectivity index (χ2n) is 2.83. The first-order valence-electron chi connectivity index (χ1n) is 4.02. The van der Waals surface area contributed by atoms with Crippen molar-refractivity contribution in [2.75, 3.05) is 0 Å². The number of rotatable bonds is 2. The molecule has 1 unspecified atom stereocenters. The zero-order valence-electron chi connectivity index (χ0n) is 7.49. The Hall–Kier alpha value is -1.45. The van der Waals surface area contributed by atoms with Gasteiger partial charge in [0.25, 0.3) is 0 Å². The van der Waals surface area contributed by atoms with E-state index in [0.29, 0.717) is 0 Å². The Balaban J connectivity index is 2.93. The Bertz CT molecular complexity index is 301. The Labute approximate surface area is 75.6 Å². The van der Waals surface area contributed by atoms with Gasteiger partial charge in [-0.05, 0) is 6.92 Å². The number of carbonyl (C=O) groups excluding carboxylic acids is 3. The highest BCUT2D eigenvalue weighted by atomic mass is 16.5. The van der Waals surface area contributed by atoms with Gasteiger partial charge in [0.05, 0.1) is 0 Å². The fourth-order valence-corrected chi connectivity index (χ4v) is 1.14. The van der Waals surface area contributed by atoms with Crippen molar-refractivity contribution in [2.24, 2.45) is 5.92 Å². The van der Waals surface area contributed by atoms with Crippen LogP contribution in [0.25, 0.3) is 0 Å². The van der Waals surface area contributed by atoms with Crippen molar-refractivity contribution in [2.45, 2.75) is 20.3 Å². The van der Waals surface area contributed by atoms with E-state index < -0.39 is 23.5 Å². The van der Waals surface area contributed by atoms with Crippen LogP contribution < -0.4 is 0 Å². The van der Waals surface area contributed by atoms with Crippen LogP contribution in [0.3, 0.4) is 0 Å². The van der Waals surface area contributed by atoms with Gasteiger partial charge in [-0.15, -0.1) is 0 Å². The maximum atomic E-state index is 11.2. The van der Waals surface area contributed by atoms with Gasteiger partial charge in [-0.2, -0.15) is 0 Å². The molecule has 4 nitrogen and oxygen atoms in total. The molecule has 0 radical (unpaired) electrons. The van der Waals surface area contributed by atoms with Crippen molar-refractivity contribution in [1.82, 2.24) is 0 Å². The Morgan fingerprint density at radius 2 is 2.15 bits per heavy atom. The van der Waals surface area contributed by atoms with Crippen LogP contribution in [0.2, 0.25) is 0 Å². The molecule has 1 aliphatic heterocycles. The van der Waals surface area contributed by atoms with Crippen LogP contribution >= 0.6 is 0 Å². The number of ether oxygens (including phenoxy) is 1. The van der Waals surface area contributed by atoms with Crippen molar-refractivity contribution in [3.8, 4) is 0 Å². The first-order valence-corrected chi connectivity index (χ1v) is 4.02. The summed E-state index contributed by atoms with van der Waals surface area (Å²) in [6.45, 7) is 3.11. The summed E-state index contributed by atoms with van der Waals surface area (Å²) in [6.07, 6.45) is 1.35. The average molecular weight is 182 g/mol. The largest absolute Gasteiger partial charge is 0.430 e. The summed E-state index contributed by atoms with van der Waals surface area (Å²) in [6, 6.07) is 0. The van der Waals surface area contributed by atoms with Gasteiger partial charge in [-0.3, -0.25) is 14.4 Å². The third-order valence-corrected chi connectivity index (χ3v) is 1.80. The number of allylic oxidation sites excluding steroid dienone is 2. The zero-order valence-corrected chi connectivity index (χ0v) is 7.49. The summed E-state index contributed by atoms with van der Waals surface area (Å²) >= 11 is 0. The molecule has 0 saturated heterocycles. The van der Waals surface area contributed by atoms with E-state index in [4.69, 9.17) is 0 Å². The molecule has 0 fully saturated rings. The van der Waals surface area contributed by atoms with Crippen LogP contribution in [0.5, 0.6) is 0 Å². The molecule has 0 amide bonds. The van der Waals surface area contributed by atoms with Crippen LogP contribution in [0, 0.1) is 5.92 Å². The third-order valence-electron chi connectivity index (χ3n) is 1.80. The number of esters is 1. The predicted octanol–water partition coefficient (Wildman–Crippen LogP) is 0.611. The number of cyclic esters (lactones) is 1. The van der Waals surface area contributed by atoms with Gasteiger partial charge in [-0.25, -0.2) is 0 Å². The molecule has 0 aliphatic carbocycles. The average Bonchev–Trinajstić information content (AvgIpc) is 2.02. The van der Waals surface area contributed by atoms with Crippen molar-refractivity contribution in [1.29, 1.82) is 0 Å². The third kappa shape index (κ3) is 1.83. The van der Waals surface area contributed by atoms with Crippen LogP contribution in [-0.2, 0) is 19.1 Å². The highest BCUT2D eigenvalue weighted by Crippen LogP contribution is 2.16. The lowest BCUT2D eigenvalue weighted by Gasteiger charge is -2.16. The maximum Gasteiger partial charge on any atom is 0.329 e. The van der Waals surface area contributed by atoms with Gasteiger partial charge in [-0.1, -0.05) is 6.92 Å². The Morgan fingerprint density at radius 3 is 2.62 bits per heavy atom. The lowest BCUT2D eigenvalue weighted by Crippen LogP contribution is -2.35. The molecule has 1 atom stereocenters. The van der Waals surface area contributed by atoms with Crippen LogP contribution in [0.15, 0.2) is 11.8 Å². The Kier molecular flexibility index (Phi) is 2.60. The molecule has 70 valence electrons. The second-order valence-corrected chi connectivity index (χ2v) is 2.83. The number of Topliss-reactive ketones (excluding diaryl/α,β-unsaturated/α-hetero) is 1. The summed E-state index contributed by atoms with van der Waals surface area (Å²) in [5.74, 6) is -2.60. The van der Waals surface area contributed by atoms with Gasteiger partial charge >= 0.3 is 5.97 Å². The molecule has 4 heteroatoms. The van der Waals surface area contributed by atoms with Gasteiger partial charge in [0.15, 0.2) is 17.5 Å². The first kappa shape index (κ1) is 9.64. The van der Waals surface area contributed by atoms with Gasteiger partial charge in [0.1, 0.15) is 5.76 Å². The van der Waals surface area contributed by atoms with Crippen LogP contribution in [0.1, 0.15) is 20.3 Å². The number of hydrogen-bond donors (Lipinski definition) is 0. The molecule has 1 rings (SSSR count). The number of hydrogen-bond acceptors (Lipinski definition) is 4. The molecule has 0 bridgehead atoms. The van der Waals surface area contributed by atoms with E-state index in [-0.39, 0.29) is 12.2 Å². The van der Waals surface area contributed by atoms with E-state index in [9.17, 15) is 14.4 Å². The van der Waals surface area contributed by atoms with E-state index in [0.717, 1.165) is 0 Å². The Morgan fingerprint density at radius 1 is 1.54 bits per heavy atom. The normalized spacial score (nSPS) is 22.3. The van der Waals surface area contributed by atoms with Crippen molar-refractivity contribution >= 4 is 17.5 Å². The second kappa shape index (κ2) is 3.51. The molecule has 0 aromatic rings. The fourth-order valence-electron chi connectivity index (χ4n) is 1.14. The minimum atomic E-state index is -1.23. The summed E-state index contributed by atoms with van der Waals surface area (Å²) < 4.78 is 4.67. The van der Waals surface area contributed by atoms with Gasteiger partial charge < -0.3 is 4.74 Å². The minimum Gasteiger partial charge on any atom is -0.430 e. The van der Waals surface area contributed by atoms with E-state index in [1.165, 1.54) is 13.0 Å². The molecule has 0 aromatic carbocycles. The first-order chi connectivity index (χ1) is 6.06. The molecule has 0 saturated carbocycles. The van der Waals surface area contributed by atoms with E-state index in [1.807, 2.05) is 0 Å². The van der Waals surface area contributed by atoms with Crippen LogP contribution in [-0.4, -0.2) is 17.5 Å². The summed E-state index contributed by atoms with van der Waals surface area (Å²) in [7, 11) is 0. The molecule has 1 heterocycles. The minimum absolute atomic E-state index is 0.165. The van der Waals surface area contributed by atoms with E-state index in [1.54, 1.807) is 6.92 Å². The summed E-state index contributed by atoms with van der Waals surface area (Å²) in [4.78, 5) is 33.5. The number of ketones is 2. The fraction of sp³-hybridized carbons (Fsp3) is 0.444. The molecular formula is C9H10O4. The monoisotopic (exact) mass is 182 g/mol. The smallest absolute Gasteiger partial charge is 0.329 e. The van der Waals surface area contributed by atoms with Gasteiger partial charge in [0, 0.05) is 12.5 Å². The van der Waals surface area contributed by atoms with Crippen molar-refractivity contribution in [3.05, 3.63) is 11.8 Å². The van der Waals surface area contributed by atoms with Crippen molar-refractivity contribution < 1.29 is 19.1 Å².